The number of imidazole rings is 1. The molecule has 0 radical (unpaired) electrons. The molecule has 132 valence electrons. The van der Waals surface area contributed by atoms with Gasteiger partial charge in [-0.15, -0.1) is 0 Å². The number of rotatable bonds is 2. The predicted octanol–water partition coefficient (Wildman–Crippen LogP) is 1.26. The number of carbonyl (C=O) groups is 2. The smallest absolute Gasteiger partial charge is 0.256 e. The Morgan fingerprint density at radius 2 is 2.12 bits per heavy atom. The highest BCUT2D eigenvalue weighted by molar-refractivity contribution is 6.04. The summed E-state index contributed by atoms with van der Waals surface area (Å²) in [6, 6.07) is 1.92. The van der Waals surface area contributed by atoms with Crippen LogP contribution in [-0.2, 0) is 11.8 Å². The van der Waals surface area contributed by atoms with Crippen LogP contribution >= 0.6 is 0 Å². The second-order valence-corrected chi connectivity index (χ2v) is 7.32. The molecule has 2 amide bonds. The summed E-state index contributed by atoms with van der Waals surface area (Å²) in [6.45, 7) is 2.65. The molecule has 2 fully saturated rings. The van der Waals surface area contributed by atoms with Gasteiger partial charge in [-0.25, -0.2) is 9.97 Å². The van der Waals surface area contributed by atoms with Gasteiger partial charge in [0.1, 0.15) is 11.3 Å². The Morgan fingerprint density at radius 1 is 1.36 bits per heavy atom. The summed E-state index contributed by atoms with van der Waals surface area (Å²) < 4.78 is 1.90. The molecular weight excluding hydrogens is 318 g/mol. The monoisotopic (exact) mass is 341 g/mol. The van der Waals surface area contributed by atoms with Gasteiger partial charge in [0.05, 0.1) is 5.56 Å². The minimum atomic E-state index is -0.0200. The van der Waals surface area contributed by atoms with E-state index in [1.54, 1.807) is 12.3 Å². The Balaban J connectivity index is 1.59. The molecule has 0 bridgehead atoms. The van der Waals surface area contributed by atoms with Crippen LogP contribution < -0.4 is 5.32 Å². The van der Waals surface area contributed by atoms with E-state index in [1.165, 1.54) is 0 Å². The van der Waals surface area contributed by atoms with E-state index in [0.717, 1.165) is 30.9 Å². The van der Waals surface area contributed by atoms with Gasteiger partial charge in [-0.1, -0.05) is 0 Å². The number of carbonyl (C=O) groups excluding carboxylic acids is 2. The minimum absolute atomic E-state index is 0.0200. The molecule has 1 saturated carbocycles. The van der Waals surface area contributed by atoms with Crippen LogP contribution in [0.15, 0.2) is 12.3 Å². The van der Waals surface area contributed by atoms with Crippen molar-refractivity contribution in [2.45, 2.75) is 32.2 Å². The fourth-order valence-electron chi connectivity index (χ4n) is 4.27. The van der Waals surface area contributed by atoms with E-state index in [-0.39, 0.29) is 17.9 Å². The number of nitrogens with zero attached hydrogens (tertiary/aromatic N) is 4. The molecule has 7 heteroatoms. The quantitative estimate of drug-likeness (QED) is 0.892. The van der Waals surface area contributed by atoms with Gasteiger partial charge >= 0.3 is 0 Å². The maximum atomic E-state index is 13.1. The van der Waals surface area contributed by atoms with Crippen molar-refractivity contribution in [3.63, 3.8) is 0 Å². The van der Waals surface area contributed by atoms with Crippen LogP contribution in [0.4, 0.5) is 0 Å². The lowest BCUT2D eigenvalue weighted by atomic mass is 9.89. The highest BCUT2D eigenvalue weighted by Crippen LogP contribution is 2.38. The lowest BCUT2D eigenvalue weighted by molar-refractivity contribution is -0.124. The molecule has 1 aliphatic heterocycles. The van der Waals surface area contributed by atoms with E-state index >= 15 is 0 Å². The second kappa shape index (κ2) is 5.82. The first-order chi connectivity index (χ1) is 12.0. The second-order valence-electron chi connectivity index (χ2n) is 7.32. The standard InChI is InChI=1S/C18H23N5O2/c1-10-21-16-14(4-5-19-17(16)22(10)2)18(25)23(3)13-6-11-8-15(24)20-9-12(11)7-13/h4-5,11-13H,6-9H2,1-3H3,(H,20,24)/t11-,12+,13-/m0/s1. The fourth-order valence-corrected chi connectivity index (χ4v) is 4.27. The van der Waals surface area contributed by atoms with Crippen LogP contribution in [0.1, 0.15) is 35.4 Å². The van der Waals surface area contributed by atoms with Gasteiger partial charge in [0.15, 0.2) is 5.65 Å². The van der Waals surface area contributed by atoms with E-state index in [9.17, 15) is 9.59 Å². The third-order valence-electron chi connectivity index (χ3n) is 5.91. The number of hydrogen-bond donors (Lipinski definition) is 1. The molecule has 25 heavy (non-hydrogen) atoms. The number of aryl methyl sites for hydroxylation is 2. The number of piperidine rings is 1. The molecule has 3 heterocycles. The minimum Gasteiger partial charge on any atom is -0.356 e. The molecular formula is C18H23N5O2. The van der Waals surface area contributed by atoms with E-state index in [0.29, 0.717) is 29.3 Å². The lowest BCUT2D eigenvalue weighted by Crippen LogP contribution is -2.38. The highest BCUT2D eigenvalue weighted by atomic mass is 16.2. The molecule has 1 saturated heterocycles. The van der Waals surface area contributed by atoms with Crippen molar-refractivity contribution in [1.29, 1.82) is 0 Å². The third kappa shape index (κ3) is 2.58. The zero-order valence-corrected chi connectivity index (χ0v) is 14.8. The SMILES string of the molecule is Cc1nc2c(C(=O)N(C)[C@H]3C[C@H]4CC(=O)NC[C@H]4C3)ccnc2n1C. The number of pyridine rings is 1. The summed E-state index contributed by atoms with van der Waals surface area (Å²) in [5.41, 5.74) is 1.98. The van der Waals surface area contributed by atoms with Crippen molar-refractivity contribution in [2.24, 2.45) is 18.9 Å². The first kappa shape index (κ1) is 16.1. The summed E-state index contributed by atoms with van der Waals surface area (Å²) in [5.74, 6) is 1.82. The maximum absolute atomic E-state index is 13.1. The molecule has 3 atom stereocenters. The molecule has 2 aromatic heterocycles. The number of nitrogens with one attached hydrogen (secondary N) is 1. The topological polar surface area (TPSA) is 80.1 Å². The number of fused-ring (bicyclic) bond motifs is 2. The summed E-state index contributed by atoms with van der Waals surface area (Å²) >= 11 is 0. The van der Waals surface area contributed by atoms with E-state index < -0.39 is 0 Å². The van der Waals surface area contributed by atoms with Crippen LogP contribution in [0.5, 0.6) is 0 Å². The van der Waals surface area contributed by atoms with Crippen LogP contribution in [-0.4, -0.2) is 50.9 Å². The Kier molecular flexibility index (Phi) is 3.74. The van der Waals surface area contributed by atoms with Crippen molar-refractivity contribution in [3.05, 3.63) is 23.7 Å². The molecule has 0 unspecified atom stereocenters. The molecule has 0 aromatic carbocycles. The molecule has 2 aromatic rings. The van der Waals surface area contributed by atoms with Crippen molar-refractivity contribution in [3.8, 4) is 0 Å². The van der Waals surface area contributed by atoms with Gasteiger partial charge in [-0.2, -0.15) is 0 Å². The van der Waals surface area contributed by atoms with Crippen LogP contribution in [0, 0.1) is 18.8 Å². The zero-order chi connectivity index (χ0) is 17.7. The van der Waals surface area contributed by atoms with Gasteiger partial charge in [-0.3, -0.25) is 9.59 Å². The lowest BCUT2D eigenvalue weighted by Gasteiger charge is -2.25. The normalized spacial score (nSPS) is 25.7. The summed E-state index contributed by atoms with van der Waals surface area (Å²) in [4.78, 5) is 35.4. The number of amides is 2. The Labute approximate surface area is 146 Å². The average molecular weight is 341 g/mol. The van der Waals surface area contributed by atoms with E-state index in [4.69, 9.17) is 0 Å². The van der Waals surface area contributed by atoms with Crippen molar-refractivity contribution in [1.82, 2.24) is 24.8 Å². The molecule has 7 nitrogen and oxygen atoms in total. The molecule has 2 aliphatic rings. The molecule has 1 N–H and O–H groups in total. The van der Waals surface area contributed by atoms with E-state index in [2.05, 4.69) is 15.3 Å². The first-order valence-corrected chi connectivity index (χ1v) is 8.77. The Bertz CT molecular complexity index is 859. The van der Waals surface area contributed by atoms with Gasteiger partial charge < -0.3 is 14.8 Å². The van der Waals surface area contributed by atoms with Crippen molar-refractivity contribution >= 4 is 23.0 Å². The van der Waals surface area contributed by atoms with Gasteiger partial charge in [-0.05, 0) is 37.7 Å². The number of hydrogen-bond acceptors (Lipinski definition) is 4. The highest BCUT2D eigenvalue weighted by Gasteiger charge is 2.41. The van der Waals surface area contributed by atoms with Gasteiger partial charge in [0.25, 0.3) is 5.91 Å². The summed E-state index contributed by atoms with van der Waals surface area (Å²) in [5, 5.41) is 2.94. The van der Waals surface area contributed by atoms with Gasteiger partial charge in [0, 0.05) is 39.3 Å². The van der Waals surface area contributed by atoms with Crippen LogP contribution in [0.25, 0.3) is 11.2 Å². The largest absolute Gasteiger partial charge is 0.356 e. The van der Waals surface area contributed by atoms with Gasteiger partial charge in [0.2, 0.25) is 5.91 Å². The Hall–Kier alpha value is -2.44. The maximum Gasteiger partial charge on any atom is 0.256 e. The van der Waals surface area contributed by atoms with Crippen LogP contribution in [0.3, 0.4) is 0 Å². The van der Waals surface area contributed by atoms with Crippen LogP contribution in [0.2, 0.25) is 0 Å². The molecule has 1 aliphatic carbocycles. The summed E-state index contributed by atoms with van der Waals surface area (Å²) in [6.07, 6.45) is 4.10. The molecule has 0 spiro atoms. The van der Waals surface area contributed by atoms with Crippen molar-refractivity contribution < 1.29 is 9.59 Å². The predicted molar refractivity (Wildman–Crippen MR) is 93.0 cm³/mol. The average Bonchev–Trinajstić information content (AvgIpc) is 3.14. The zero-order valence-electron chi connectivity index (χ0n) is 14.8. The van der Waals surface area contributed by atoms with Crippen molar-refractivity contribution in [2.75, 3.05) is 13.6 Å². The third-order valence-corrected chi connectivity index (χ3v) is 5.91. The Morgan fingerprint density at radius 3 is 2.92 bits per heavy atom. The fraction of sp³-hybridized carbons (Fsp3) is 0.556. The number of aromatic nitrogens is 3. The summed E-state index contributed by atoms with van der Waals surface area (Å²) in [7, 11) is 3.77. The van der Waals surface area contributed by atoms with E-state index in [1.807, 2.05) is 30.5 Å². The molecule has 4 rings (SSSR count). The first-order valence-electron chi connectivity index (χ1n) is 8.77.